The molecule has 4 rings (SSSR count). The number of pyridine rings is 1. The summed E-state index contributed by atoms with van der Waals surface area (Å²) < 4.78 is 69.6. The lowest BCUT2D eigenvalue weighted by atomic mass is 9.96. The van der Waals surface area contributed by atoms with E-state index in [4.69, 9.17) is 47.1 Å². The molecule has 220 valence electrons. The lowest BCUT2D eigenvalue weighted by molar-refractivity contribution is -2.00. The first-order valence-corrected chi connectivity index (χ1v) is 13.0. The van der Waals surface area contributed by atoms with Crippen LogP contribution in [0.25, 0.3) is 32.4 Å². The van der Waals surface area contributed by atoms with Gasteiger partial charge in [0.25, 0.3) is 0 Å². The normalized spacial score (nSPS) is 11.1. The number of methoxy groups -OCH3 is 4. The maximum Gasteiger partial charge on any atom is 0.308 e. The molecule has 0 N–H and O–H groups in total. The Morgan fingerprint density at radius 1 is 0.659 bits per heavy atom. The summed E-state index contributed by atoms with van der Waals surface area (Å²) in [5.74, 6) is 1.04. The van der Waals surface area contributed by atoms with Crippen molar-refractivity contribution in [2.45, 2.75) is 20.8 Å². The lowest BCUT2D eigenvalue weighted by Crippen LogP contribution is -2.68. The van der Waals surface area contributed by atoms with Crippen LogP contribution < -0.4 is 51.6 Å². The second-order valence-corrected chi connectivity index (χ2v) is 9.35. The molecule has 0 bridgehead atoms. The molecule has 0 spiro atoms. The zero-order valence-electron chi connectivity index (χ0n) is 23.5. The van der Waals surface area contributed by atoms with E-state index >= 15 is 0 Å². The summed E-state index contributed by atoms with van der Waals surface area (Å²) >= 11 is 0. The molecule has 0 aliphatic carbocycles. The van der Waals surface area contributed by atoms with Crippen molar-refractivity contribution in [2.75, 3.05) is 28.4 Å². The van der Waals surface area contributed by atoms with Gasteiger partial charge in [0, 0.05) is 31.5 Å². The van der Waals surface area contributed by atoms with Crippen molar-refractivity contribution in [1.29, 1.82) is 0 Å². The molecule has 3 aromatic carbocycles. The average Bonchev–Trinajstić information content (AvgIpc) is 2.89. The fraction of sp³-hybridized carbons (Fsp3) is 0.296. The van der Waals surface area contributed by atoms with Crippen LogP contribution in [0.1, 0.15) is 19.5 Å². The number of rotatable bonds is 6. The first-order chi connectivity index (χ1) is 19.2. The Morgan fingerprint density at radius 2 is 1.02 bits per heavy atom. The third-order valence-electron chi connectivity index (χ3n) is 6.21. The smallest absolute Gasteiger partial charge is 0.308 e. The van der Waals surface area contributed by atoms with E-state index < -0.39 is 22.2 Å². The number of halogens is 1. The molecule has 13 nitrogen and oxygen atoms in total. The number of nitrogens with zero attached hydrogens (tertiary/aromatic N) is 1. The van der Waals surface area contributed by atoms with Gasteiger partial charge in [-0.15, -0.1) is 10.2 Å². The predicted molar refractivity (Wildman–Crippen MR) is 134 cm³/mol. The molecule has 0 saturated carbocycles. The van der Waals surface area contributed by atoms with Crippen LogP contribution in [0.5, 0.6) is 34.5 Å². The Bertz CT molecular complexity index is 1650. The van der Waals surface area contributed by atoms with Crippen LogP contribution in [-0.2, 0) is 16.6 Å². The average molecular weight is 594 g/mol. The standard InChI is InChI=1S/C27H28NO8.ClHO4/c1-13-16-9-20(31-5)21(32-6)10-17(16)24-25(28(13)4)18-11-22(33-7)23(34-8)12-19(18)26(35-14(2)29)27(24)36-15(3)30;2-1(3,4)5/h9-12H,1-8H3;(H,2,3,4,5)/q+1;/p-1. The minimum absolute atomic E-state index is 0.0982. The third kappa shape index (κ3) is 6.45. The van der Waals surface area contributed by atoms with Gasteiger partial charge in [0.05, 0.1) is 39.2 Å². The Labute approximate surface area is 236 Å². The molecule has 0 saturated heterocycles. The predicted octanol–water partition coefficient (Wildman–Crippen LogP) is -0.592. The minimum atomic E-state index is -4.94. The van der Waals surface area contributed by atoms with Gasteiger partial charge in [0.2, 0.25) is 5.52 Å². The topological polar surface area (TPSA) is 186 Å². The van der Waals surface area contributed by atoms with Crippen molar-refractivity contribution in [2.24, 2.45) is 7.05 Å². The van der Waals surface area contributed by atoms with E-state index in [1.54, 1.807) is 27.4 Å². The second-order valence-electron chi connectivity index (χ2n) is 8.60. The first kappa shape index (κ1) is 31.4. The molecule has 0 unspecified atom stereocenters. The minimum Gasteiger partial charge on any atom is -0.493 e. The van der Waals surface area contributed by atoms with Crippen molar-refractivity contribution >= 4 is 44.4 Å². The van der Waals surface area contributed by atoms with Gasteiger partial charge < -0.3 is 28.4 Å². The number of carbonyl (C=O) groups is 2. The summed E-state index contributed by atoms with van der Waals surface area (Å²) in [5.41, 5.74) is 1.65. The van der Waals surface area contributed by atoms with Gasteiger partial charge in [-0.2, -0.15) is 4.57 Å². The number of esters is 2. The highest BCUT2D eigenvalue weighted by molar-refractivity contribution is 6.21. The van der Waals surface area contributed by atoms with Crippen molar-refractivity contribution in [1.82, 2.24) is 0 Å². The van der Waals surface area contributed by atoms with E-state index in [-0.39, 0.29) is 11.5 Å². The van der Waals surface area contributed by atoms with E-state index in [9.17, 15) is 9.59 Å². The molecular weight excluding hydrogens is 566 g/mol. The SMILES string of the molecule is COc1cc2c(C)[n+](C)c3c4cc(OC)c(OC)cc4c(OC(C)=O)c(OC(C)=O)c3c2cc1OC.[O-][Cl+3]([O-])([O-])[O-]. The van der Waals surface area contributed by atoms with E-state index in [2.05, 4.69) is 0 Å². The molecule has 0 radical (unpaired) electrons. The number of aryl methyl sites for hydroxylation is 2. The second kappa shape index (κ2) is 12.2. The van der Waals surface area contributed by atoms with Gasteiger partial charge in [-0.3, -0.25) is 9.59 Å². The van der Waals surface area contributed by atoms with Crippen molar-refractivity contribution in [3.63, 3.8) is 0 Å². The number of ether oxygens (including phenoxy) is 6. The fourth-order valence-corrected chi connectivity index (χ4v) is 4.56. The molecule has 0 amide bonds. The van der Waals surface area contributed by atoms with E-state index in [0.29, 0.717) is 39.2 Å². The number of benzene rings is 3. The molecule has 0 fully saturated rings. The molecule has 0 aliphatic heterocycles. The molecule has 41 heavy (non-hydrogen) atoms. The maximum absolute atomic E-state index is 12.3. The third-order valence-corrected chi connectivity index (χ3v) is 6.21. The lowest BCUT2D eigenvalue weighted by Gasteiger charge is -2.19. The van der Waals surface area contributed by atoms with Crippen LogP contribution >= 0.6 is 0 Å². The Balaban J connectivity index is 0.000000850. The first-order valence-electron chi connectivity index (χ1n) is 11.7. The largest absolute Gasteiger partial charge is 0.493 e. The highest BCUT2D eigenvalue weighted by atomic mass is 35.7. The van der Waals surface area contributed by atoms with E-state index in [1.807, 2.05) is 36.7 Å². The van der Waals surface area contributed by atoms with Crippen LogP contribution in [0.3, 0.4) is 0 Å². The summed E-state index contributed by atoms with van der Waals surface area (Å²) in [4.78, 5) is 24.5. The number of carbonyl (C=O) groups excluding carboxylic acids is 2. The number of hydrogen-bond donors (Lipinski definition) is 0. The van der Waals surface area contributed by atoms with Gasteiger partial charge in [0.15, 0.2) is 40.2 Å². The molecule has 1 heterocycles. The zero-order valence-corrected chi connectivity index (χ0v) is 24.3. The molecule has 1 aromatic heterocycles. The quantitative estimate of drug-likeness (QED) is 0.120. The van der Waals surface area contributed by atoms with Crippen LogP contribution in [-0.4, -0.2) is 40.4 Å². The van der Waals surface area contributed by atoms with Gasteiger partial charge in [-0.25, -0.2) is 18.6 Å². The highest BCUT2D eigenvalue weighted by Crippen LogP contribution is 2.49. The van der Waals surface area contributed by atoms with Crippen molar-refractivity contribution < 1.29 is 71.5 Å². The summed E-state index contributed by atoms with van der Waals surface area (Å²) in [6.45, 7) is 4.56. The van der Waals surface area contributed by atoms with Gasteiger partial charge in [0.1, 0.15) is 12.4 Å². The van der Waals surface area contributed by atoms with Gasteiger partial charge >= 0.3 is 11.9 Å². The van der Waals surface area contributed by atoms with E-state index in [0.717, 1.165) is 22.0 Å². The molecule has 0 aliphatic rings. The number of hydrogen-bond acceptors (Lipinski definition) is 12. The van der Waals surface area contributed by atoms with Crippen LogP contribution in [0, 0.1) is 17.2 Å². The van der Waals surface area contributed by atoms with Crippen LogP contribution in [0.4, 0.5) is 0 Å². The van der Waals surface area contributed by atoms with E-state index in [1.165, 1.54) is 21.0 Å². The Hall–Kier alpha value is -4.14. The maximum atomic E-state index is 12.3. The molecular formula is C27H28ClNO12. The zero-order chi connectivity index (χ0) is 30.8. The fourth-order valence-electron chi connectivity index (χ4n) is 4.56. The molecule has 0 atom stereocenters. The highest BCUT2D eigenvalue weighted by Gasteiger charge is 2.30. The van der Waals surface area contributed by atoms with Crippen LogP contribution in [0.2, 0.25) is 0 Å². The summed E-state index contributed by atoms with van der Waals surface area (Å²) in [7, 11) is 3.14. The van der Waals surface area contributed by atoms with Gasteiger partial charge in [-0.1, -0.05) is 0 Å². The number of fused-ring (bicyclic) bond motifs is 5. The Morgan fingerprint density at radius 3 is 1.44 bits per heavy atom. The van der Waals surface area contributed by atoms with Gasteiger partial charge in [-0.05, 0) is 24.3 Å². The molecule has 4 aromatic rings. The van der Waals surface area contributed by atoms with Crippen LogP contribution in [0.15, 0.2) is 24.3 Å². The summed E-state index contributed by atoms with van der Waals surface area (Å²) in [6.07, 6.45) is 0. The van der Waals surface area contributed by atoms with Crippen molar-refractivity contribution in [3.05, 3.63) is 30.0 Å². The van der Waals surface area contributed by atoms with Crippen molar-refractivity contribution in [3.8, 4) is 34.5 Å². The Kier molecular flexibility index (Phi) is 9.31. The molecule has 14 heteroatoms. The number of aromatic nitrogens is 1. The summed E-state index contributed by atoms with van der Waals surface area (Å²) in [5, 5.41) is 3.34. The summed E-state index contributed by atoms with van der Waals surface area (Å²) in [6, 6.07) is 7.20. The monoisotopic (exact) mass is 593 g/mol.